The first kappa shape index (κ1) is 24.3. The van der Waals surface area contributed by atoms with Crippen molar-refractivity contribution >= 4 is 45.8 Å². The molecule has 13 heteroatoms. The fourth-order valence-corrected chi connectivity index (χ4v) is 8.10. The van der Waals surface area contributed by atoms with E-state index < -0.39 is 11.9 Å². The standard InChI is InChI=1S/C22H31N7O4S2/c1-27-4-12-7-29(2,8-13(12)5-27)9-14-10-34-20-15(6-28(20)18(14)21(31)32)24-19(30)17(26-33-3)16-11-35-22(23)25-16/h11-13,15,20H,4-10H2,1-3H3,(H3-,23,24,25,30,31,32)/p+1/b26-17-/t12?,13?,15-,20-,29?/m1/s1. The highest BCUT2D eigenvalue weighted by Crippen LogP contribution is 2.41. The van der Waals surface area contributed by atoms with E-state index in [2.05, 4.69) is 34.5 Å². The molecule has 1 amide bonds. The molecule has 0 aliphatic carbocycles. The summed E-state index contributed by atoms with van der Waals surface area (Å²) in [6, 6.07) is -0.201. The number of nitrogens with zero attached hydrogens (tertiary/aromatic N) is 5. The number of oxime groups is 1. The number of carbonyl (C=O) groups is 2. The van der Waals surface area contributed by atoms with E-state index in [1.165, 1.54) is 18.4 Å². The molecule has 0 saturated carbocycles. The largest absolute Gasteiger partial charge is 0.477 e. The van der Waals surface area contributed by atoms with Gasteiger partial charge in [0.25, 0.3) is 5.91 Å². The number of thiazole rings is 1. The summed E-state index contributed by atoms with van der Waals surface area (Å²) >= 11 is 2.91. The number of rotatable bonds is 7. The second-order valence-corrected chi connectivity index (χ2v) is 12.3. The number of aliphatic carboxylic acids is 1. The van der Waals surface area contributed by atoms with Crippen LogP contribution in [0.3, 0.4) is 0 Å². The van der Waals surface area contributed by atoms with E-state index in [0.29, 0.717) is 40.7 Å². The minimum Gasteiger partial charge on any atom is -0.477 e. The van der Waals surface area contributed by atoms with Crippen molar-refractivity contribution in [3.8, 4) is 0 Å². The predicted molar refractivity (Wildman–Crippen MR) is 135 cm³/mol. The number of carboxylic acids is 1. The van der Waals surface area contributed by atoms with E-state index in [0.717, 1.165) is 42.8 Å². The normalized spacial score (nSPS) is 32.8. The molecule has 190 valence electrons. The number of quaternary nitrogens is 1. The van der Waals surface area contributed by atoms with Gasteiger partial charge >= 0.3 is 5.97 Å². The van der Waals surface area contributed by atoms with Crippen LogP contribution in [0.5, 0.6) is 0 Å². The van der Waals surface area contributed by atoms with Crippen LogP contribution in [0, 0.1) is 11.8 Å². The highest BCUT2D eigenvalue weighted by atomic mass is 32.2. The van der Waals surface area contributed by atoms with Gasteiger partial charge in [-0.2, -0.15) is 0 Å². The van der Waals surface area contributed by atoms with Crippen LogP contribution in [-0.2, 0) is 14.4 Å². The highest BCUT2D eigenvalue weighted by molar-refractivity contribution is 8.00. The first-order chi connectivity index (χ1) is 16.7. The number of nitrogens with two attached hydrogens (primary N) is 1. The Balaban J connectivity index is 1.26. The maximum absolute atomic E-state index is 12.9. The molecule has 0 bridgehead atoms. The van der Waals surface area contributed by atoms with Crippen molar-refractivity contribution in [2.75, 3.05) is 72.0 Å². The van der Waals surface area contributed by atoms with Crippen molar-refractivity contribution in [1.82, 2.24) is 20.1 Å². The first-order valence-electron chi connectivity index (χ1n) is 11.7. The quantitative estimate of drug-likeness (QED) is 0.256. The van der Waals surface area contributed by atoms with Gasteiger partial charge in [0, 0.05) is 48.2 Å². The fraction of sp³-hybridized carbons (Fsp3) is 0.636. The number of fused-ring (bicyclic) bond motifs is 2. The molecule has 5 heterocycles. The van der Waals surface area contributed by atoms with Crippen molar-refractivity contribution in [2.45, 2.75) is 11.4 Å². The number of hydrogen-bond donors (Lipinski definition) is 3. The predicted octanol–water partition coefficient (Wildman–Crippen LogP) is -0.0742. The lowest BCUT2D eigenvalue weighted by Crippen LogP contribution is -2.67. The molecule has 4 atom stereocenters. The minimum absolute atomic E-state index is 0.0528. The van der Waals surface area contributed by atoms with Crippen LogP contribution in [-0.4, -0.2) is 120 Å². The molecule has 11 nitrogen and oxygen atoms in total. The minimum atomic E-state index is -0.889. The lowest BCUT2D eigenvalue weighted by atomic mass is 10.0. The molecule has 35 heavy (non-hydrogen) atoms. The first-order valence-corrected chi connectivity index (χ1v) is 13.6. The number of carbonyl (C=O) groups excluding carboxylic acids is 1. The summed E-state index contributed by atoms with van der Waals surface area (Å²) < 4.78 is 0.905. The summed E-state index contributed by atoms with van der Waals surface area (Å²) in [6.07, 6.45) is 0. The van der Waals surface area contributed by atoms with E-state index >= 15 is 0 Å². The Bertz CT molecular complexity index is 1080. The summed E-state index contributed by atoms with van der Waals surface area (Å²) in [5, 5.41) is 18.8. The molecule has 4 N–H and O–H groups in total. The molecule has 1 aromatic heterocycles. The number of carboxylic acid groups (broad SMARTS) is 1. The molecule has 4 aliphatic rings. The number of thioether (sulfide) groups is 1. The number of nitrogens with one attached hydrogen (secondary N) is 1. The number of nitrogen functional groups attached to an aromatic ring is 1. The van der Waals surface area contributed by atoms with Gasteiger partial charge in [-0.05, 0) is 7.05 Å². The van der Waals surface area contributed by atoms with Crippen LogP contribution in [0.4, 0.5) is 5.13 Å². The van der Waals surface area contributed by atoms with E-state index in [1.807, 2.05) is 4.90 Å². The maximum Gasteiger partial charge on any atom is 0.352 e. The average molecular weight is 523 g/mol. The molecule has 0 radical (unpaired) electrons. The van der Waals surface area contributed by atoms with Crippen LogP contribution >= 0.6 is 23.1 Å². The summed E-state index contributed by atoms with van der Waals surface area (Å²) in [7, 11) is 5.81. The van der Waals surface area contributed by atoms with Gasteiger partial charge in [-0.1, -0.05) is 5.16 Å². The number of hydrogen-bond acceptors (Lipinski definition) is 10. The molecular weight excluding hydrogens is 490 g/mol. The lowest BCUT2D eigenvalue weighted by Gasteiger charge is -2.52. The van der Waals surface area contributed by atoms with Gasteiger partial charge in [0.15, 0.2) is 10.8 Å². The Hall–Kier alpha value is -2.35. The highest BCUT2D eigenvalue weighted by Gasteiger charge is 2.51. The molecule has 3 saturated heterocycles. The van der Waals surface area contributed by atoms with E-state index in [-0.39, 0.29) is 17.1 Å². The van der Waals surface area contributed by atoms with Crippen LogP contribution in [0.15, 0.2) is 21.8 Å². The number of aromatic nitrogens is 1. The van der Waals surface area contributed by atoms with Crippen molar-refractivity contribution in [3.05, 3.63) is 22.3 Å². The van der Waals surface area contributed by atoms with Crippen molar-refractivity contribution < 1.29 is 24.0 Å². The Kier molecular flexibility index (Phi) is 6.45. The SMILES string of the molecule is CO/N=C(\C(=O)N[C@@H]1CN2C(C(=O)O)=C(C[N+]3(C)CC4CN(C)CC4C3)CS[C@H]12)c1csc(N)n1. The topological polar surface area (TPSA) is 133 Å². The Morgan fingerprint density at radius 1 is 1.34 bits per heavy atom. The zero-order valence-corrected chi connectivity index (χ0v) is 21.8. The van der Waals surface area contributed by atoms with Crippen molar-refractivity contribution in [2.24, 2.45) is 17.0 Å². The monoisotopic (exact) mass is 522 g/mol. The zero-order chi connectivity index (χ0) is 24.9. The summed E-state index contributed by atoms with van der Waals surface area (Å²) in [6.45, 7) is 5.67. The summed E-state index contributed by atoms with van der Waals surface area (Å²) in [5.74, 6) is 0.742. The van der Waals surface area contributed by atoms with E-state index in [1.54, 1.807) is 17.1 Å². The third kappa shape index (κ3) is 4.61. The number of anilines is 1. The van der Waals surface area contributed by atoms with Gasteiger partial charge in [-0.15, -0.1) is 23.1 Å². The molecule has 1 aromatic rings. The van der Waals surface area contributed by atoms with Gasteiger partial charge in [0.2, 0.25) is 0 Å². The third-order valence-electron chi connectivity index (χ3n) is 7.46. The van der Waals surface area contributed by atoms with Crippen LogP contribution in [0.1, 0.15) is 5.69 Å². The third-order valence-corrected chi connectivity index (χ3v) is 9.57. The number of amides is 1. The molecular formula is C22H32N7O4S2+. The number of likely N-dealkylation sites (N-methyl/N-ethyl adjacent to an activating group) is 1. The van der Waals surface area contributed by atoms with Gasteiger partial charge in [0.05, 0.1) is 31.6 Å². The molecule has 0 spiro atoms. The molecule has 0 aromatic carbocycles. The lowest BCUT2D eigenvalue weighted by molar-refractivity contribution is -0.896. The van der Waals surface area contributed by atoms with E-state index in [9.17, 15) is 14.7 Å². The fourth-order valence-electron chi connectivity index (χ4n) is 6.19. The Morgan fingerprint density at radius 3 is 2.66 bits per heavy atom. The molecule has 5 rings (SSSR count). The van der Waals surface area contributed by atoms with E-state index in [4.69, 9.17) is 10.6 Å². The van der Waals surface area contributed by atoms with Crippen LogP contribution < -0.4 is 11.1 Å². The van der Waals surface area contributed by atoms with Crippen molar-refractivity contribution in [3.63, 3.8) is 0 Å². The molecule has 2 unspecified atom stereocenters. The maximum atomic E-state index is 12.9. The molecule has 3 fully saturated rings. The summed E-state index contributed by atoms with van der Waals surface area (Å²) in [4.78, 5) is 38.5. The van der Waals surface area contributed by atoms with Crippen molar-refractivity contribution in [1.29, 1.82) is 0 Å². The summed E-state index contributed by atoms with van der Waals surface area (Å²) in [5.41, 5.74) is 7.51. The Labute approximate surface area is 212 Å². The smallest absolute Gasteiger partial charge is 0.352 e. The zero-order valence-electron chi connectivity index (χ0n) is 20.1. The number of likely N-dealkylation sites (tertiary alicyclic amines) is 2. The van der Waals surface area contributed by atoms with Gasteiger partial charge < -0.3 is 35.3 Å². The van der Waals surface area contributed by atoms with Gasteiger partial charge in [-0.3, -0.25) is 4.79 Å². The second kappa shape index (κ2) is 9.26. The van der Waals surface area contributed by atoms with Gasteiger partial charge in [0.1, 0.15) is 25.0 Å². The second-order valence-electron chi connectivity index (χ2n) is 10.3. The average Bonchev–Trinajstić information content (AvgIpc) is 3.42. The van der Waals surface area contributed by atoms with Crippen LogP contribution in [0.25, 0.3) is 0 Å². The van der Waals surface area contributed by atoms with Gasteiger partial charge in [-0.25, -0.2) is 9.78 Å². The van der Waals surface area contributed by atoms with Crippen LogP contribution in [0.2, 0.25) is 0 Å². The molecule has 4 aliphatic heterocycles. The Morgan fingerprint density at radius 2 is 2.06 bits per heavy atom.